The highest BCUT2D eigenvalue weighted by Crippen LogP contribution is 2.29. The number of carbonyl (C=O) groups is 2. The van der Waals surface area contributed by atoms with Gasteiger partial charge in [0, 0.05) is 12.6 Å². The van der Waals surface area contributed by atoms with Crippen molar-refractivity contribution in [3.63, 3.8) is 0 Å². The Balaban J connectivity index is 1.58. The Morgan fingerprint density at radius 2 is 1.82 bits per heavy atom. The molecule has 3 aliphatic heterocycles. The van der Waals surface area contributed by atoms with Crippen LogP contribution in [0.15, 0.2) is 10.7 Å². The number of Topliss-reactive ketones (excluding diaryl/α,β-unsaturated/α-hetero) is 1. The summed E-state index contributed by atoms with van der Waals surface area (Å²) in [6.45, 7) is -0.835. The third-order valence-corrected chi connectivity index (χ3v) is 5.55. The minimum Gasteiger partial charge on any atom is -0.394 e. The third kappa shape index (κ3) is 4.30. The van der Waals surface area contributed by atoms with Crippen LogP contribution in [0.25, 0.3) is 0 Å². The summed E-state index contributed by atoms with van der Waals surface area (Å²) >= 11 is 3.08. The maximum Gasteiger partial charge on any atom is 0.236 e. The monoisotopic (exact) mass is 465 g/mol. The van der Waals surface area contributed by atoms with Gasteiger partial charge in [0.2, 0.25) is 5.91 Å². The van der Waals surface area contributed by atoms with Gasteiger partial charge < -0.3 is 39.7 Å². The van der Waals surface area contributed by atoms with Crippen LogP contribution in [-0.2, 0) is 23.8 Å². The number of nitrogens with zero attached hydrogens (tertiary/aromatic N) is 1. The Morgan fingerprint density at radius 3 is 2.50 bits per heavy atom. The summed E-state index contributed by atoms with van der Waals surface area (Å²) in [5, 5.41) is 48.9. The van der Waals surface area contributed by atoms with Crippen LogP contribution >= 0.6 is 15.9 Å². The smallest absolute Gasteiger partial charge is 0.236 e. The Morgan fingerprint density at radius 1 is 1.11 bits per heavy atom. The molecule has 2 saturated heterocycles. The predicted molar refractivity (Wildman–Crippen MR) is 92.5 cm³/mol. The molecular weight excluding hydrogens is 443 g/mol. The van der Waals surface area contributed by atoms with Crippen molar-refractivity contribution in [3.8, 4) is 0 Å². The van der Waals surface area contributed by atoms with E-state index in [-0.39, 0.29) is 29.7 Å². The molecule has 0 spiro atoms. The minimum absolute atomic E-state index is 0.0828. The third-order valence-electron chi connectivity index (χ3n) is 4.91. The van der Waals surface area contributed by atoms with E-state index in [2.05, 4.69) is 15.9 Å². The van der Waals surface area contributed by atoms with Crippen molar-refractivity contribution in [2.75, 3.05) is 13.2 Å². The highest BCUT2D eigenvalue weighted by molar-refractivity contribution is 9.12. The number of allylic oxidation sites excluding steroid dienone is 1. The number of aliphatic hydroxyl groups excluding tert-OH is 5. The fourth-order valence-corrected chi connectivity index (χ4v) is 3.61. The zero-order valence-corrected chi connectivity index (χ0v) is 16.2. The van der Waals surface area contributed by atoms with Gasteiger partial charge in [-0.2, -0.15) is 0 Å². The second-order valence-corrected chi connectivity index (χ2v) is 7.70. The molecule has 0 radical (unpaired) electrons. The van der Waals surface area contributed by atoms with E-state index in [1.807, 2.05) is 0 Å². The number of hydrogen-bond donors (Lipinski definition) is 5. The number of aliphatic hydroxyl groups is 5. The van der Waals surface area contributed by atoms with Gasteiger partial charge in [0.15, 0.2) is 12.1 Å². The first kappa shape index (κ1) is 21.7. The molecule has 1 amide bonds. The largest absolute Gasteiger partial charge is 0.394 e. The number of hydrogen-bond acceptors (Lipinski definition) is 10. The fourth-order valence-electron chi connectivity index (χ4n) is 3.25. The molecule has 0 saturated carbocycles. The molecule has 0 aromatic rings. The number of halogens is 1. The first-order chi connectivity index (χ1) is 13.2. The SMILES string of the molecule is O=C1CC(=O)N([C@H]2C[C@@H](O)[C@@H](CO[C@@H]3O[C@H](CO)[C@H](O)[C@H](O)[C@H]3O)O2)C=C1[77Br]. The van der Waals surface area contributed by atoms with E-state index in [0.29, 0.717) is 0 Å². The second kappa shape index (κ2) is 8.81. The van der Waals surface area contributed by atoms with E-state index in [1.165, 1.54) is 11.1 Å². The van der Waals surface area contributed by atoms with Gasteiger partial charge in [-0.25, -0.2) is 0 Å². The molecule has 3 aliphatic rings. The topological polar surface area (TPSA) is 166 Å². The number of ether oxygens (including phenoxy) is 3. The van der Waals surface area contributed by atoms with Gasteiger partial charge in [0.25, 0.3) is 0 Å². The maximum atomic E-state index is 12.1. The van der Waals surface area contributed by atoms with Crippen LogP contribution in [0.4, 0.5) is 0 Å². The van der Waals surface area contributed by atoms with E-state index >= 15 is 0 Å². The number of rotatable bonds is 5. The lowest BCUT2D eigenvalue weighted by atomic mass is 9.99. The molecule has 158 valence electrons. The summed E-state index contributed by atoms with van der Waals surface area (Å²) in [4.78, 5) is 24.8. The van der Waals surface area contributed by atoms with Crippen LogP contribution in [0.1, 0.15) is 12.8 Å². The fraction of sp³-hybridized carbons (Fsp3) is 0.750. The average Bonchev–Trinajstić information content (AvgIpc) is 3.02. The molecule has 0 aliphatic carbocycles. The summed E-state index contributed by atoms with van der Waals surface area (Å²) in [5.41, 5.74) is 0. The summed E-state index contributed by atoms with van der Waals surface area (Å²) in [6.07, 6.45) is -8.69. The Bertz CT molecular complexity index is 643. The highest BCUT2D eigenvalue weighted by atomic mass is 76.9. The number of carbonyl (C=O) groups excluding carboxylic acids is 2. The van der Waals surface area contributed by atoms with Crippen LogP contribution < -0.4 is 0 Å². The quantitative estimate of drug-likeness (QED) is 0.270. The Hall–Kier alpha value is -0.960. The maximum absolute atomic E-state index is 12.1. The molecule has 8 atom stereocenters. The van der Waals surface area contributed by atoms with Crippen molar-refractivity contribution in [1.29, 1.82) is 0 Å². The number of amides is 1. The number of ketones is 1. The molecule has 3 rings (SSSR count). The van der Waals surface area contributed by atoms with E-state index in [1.54, 1.807) is 0 Å². The van der Waals surface area contributed by atoms with Crippen molar-refractivity contribution < 1.29 is 49.3 Å². The normalized spacial score (nSPS) is 42.1. The van der Waals surface area contributed by atoms with Crippen LogP contribution in [0.3, 0.4) is 0 Å². The van der Waals surface area contributed by atoms with Crippen molar-refractivity contribution in [2.24, 2.45) is 0 Å². The Labute approximate surface area is 168 Å². The molecule has 0 aromatic carbocycles. The first-order valence-corrected chi connectivity index (χ1v) is 9.49. The van der Waals surface area contributed by atoms with Crippen molar-refractivity contribution >= 4 is 27.6 Å². The molecule has 0 unspecified atom stereocenters. The summed E-state index contributed by atoms with van der Waals surface area (Å²) in [7, 11) is 0. The van der Waals surface area contributed by atoms with Crippen molar-refractivity contribution in [1.82, 2.24) is 4.90 Å². The lowest BCUT2D eigenvalue weighted by Crippen LogP contribution is -2.59. The standard InChI is InChI=1S/C16H22BrNO10/c17-6-3-18(11(22)1-7(6)20)12-2-8(21)10(27-12)5-26-16-15(25)14(24)13(23)9(4-19)28-16/h3,8-10,12-16,19,21,23-25H,1-2,4-5H2/t8-,9-,10-,12-,13+,14+,15-,16-/m1/s1/i17-3. The predicted octanol–water partition coefficient (Wildman–Crippen LogP) is -2.68. The van der Waals surface area contributed by atoms with E-state index < -0.39 is 61.7 Å². The molecule has 3 heterocycles. The summed E-state index contributed by atoms with van der Waals surface area (Å²) in [5.74, 6) is -0.803. The molecule has 0 bridgehead atoms. The van der Waals surface area contributed by atoms with Crippen LogP contribution in [-0.4, -0.2) is 104 Å². The first-order valence-electron chi connectivity index (χ1n) is 8.70. The van der Waals surface area contributed by atoms with Gasteiger partial charge in [0.05, 0.1) is 30.2 Å². The Kier molecular flexibility index (Phi) is 6.84. The van der Waals surface area contributed by atoms with Crippen LogP contribution in [0, 0.1) is 0 Å². The molecule has 28 heavy (non-hydrogen) atoms. The average molecular weight is 465 g/mol. The lowest BCUT2D eigenvalue weighted by Gasteiger charge is -2.39. The molecule has 5 N–H and O–H groups in total. The zero-order chi connectivity index (χ0) is 20.6. The van der Waals surface area contributed by atoms with Gasteiger partial charge in [-0.15, -0.1) is 0 Å². The van der Waals surface area contributed by atoms with Crippen molar-refractivity contribution in [3.05, 3.63) is 10.7 Å². The summed E-state index contributed by atoms with van der Waals surface area (Å²) in [6, 6.07) is 0. The van der Waals surface area contributed by atoms with Crippen LogP contribution in [0.2, 0.25) is 0 Å². The molecule has 0 aromatic heterocycles. The van der Waals surface area contributed by atoms with Gasteiger partial charge in [-0.3, -0.25) is 14.5 Å². The minimum atomic E-state index is -1.58. The van der Waals surface area contributed by atoms with E-state index in [4.69, 9.17) is 14.2 Å². The zero-order valence-electron chi connectivity index (χ0n) is 14.6. The second-order valence-electron chi connectivity index (χ2n) is 6.84. The van der Waals surface area contributed by atoms with Gasteiger partial charge in [-0.1, -0.05) is 0 Å². The lowest BCUT2D eigenvalue weighted by molar-refractivity contribution is -0.306. The molecular formula is C16H22BrNO10. The summed E-state index contributed by atoms with van der Waals surface area (Å²) < 4.78 is 16.5. The van der Waals surface area contributed by atoms with Crippen molar-refractivity contribution in [2.45, 2.75) is 62.0 Å². The van der Waals surface area contributed by atoms with E-state index in [9.17, 15) is 35.1 Å². The molecule has 12 heteroatoms. The van der Waals surface area contributed by atoms with Gasteiger partial charge in [0.1, 0.15) is 36.7 Å². The molecule has 2 fully saturated rings. The molecule has 11 nitrogen and oxygen atoms in total. The van der Waals surface area contributed by atoms with Gasteiger partial charge in [-0.05, 0) is 15.9 Å². The van der Waals surface area contributed by atoms with Crippen LogP contribution in [0.5, 0.6) is 0 Å². The highest BCUT2D eigenvalue weighted by Gasteiger charge is 2.45. The van der Waals surface area contributed by atoms with Gasteiger partial charge >= 0.3 is 0 Å². The van der Waals surface area contributed by atoms with E-state index in [0.717, 1.165) is 0 Å².